The van der Waals surface area contributed by atoms with Crippen LogP contribution in [0.1, 0.15) is 150 Å². The summed E-state index contributed by atoms with van der Waals surface area (Å²) in [5.74, 6) is 0. The van der Waals surface area contributed by atoms with Crippen LogP contribution >= 0.6 is 0 Å². The molecule has 0 amide bonds. The van der Waals surface area contributed by atoms with Crippen LogP contribution in [0.3, 0.4) is 0 Å². The Bertz CT molecular complexity index is 8670. The molecule has 3 heteroatoms. The van der Waals surface area contributed by atoms with Gasteiger partial charge in [0.05, 0.1) is 22.7 Å². The number of anilines is 9. The van der Waals surface area contributed by atoms with Gasteiger partial charge in [0.15, 0.2) is 0 Å². The molecule has 21 aromatic rings. The molecule has 0 aliphatic heterocycles. The normalized spacial score (nSPS) is 14.6. The third kappa shape index (κ3) is 14.2. The average Bonchev–Trinajstić information content (AvgIpc) is 1.57. The van der Waals surface area contributed by atoms with Gasteiger partial charge >= 0.3 is 0 Å². The van der Waals surface area contributed by atoms with Crippen LogP contribution in [-0.4, -0.2) is 0 Å². The van der Waals surface area contributed by atoms with Crippen molar-refractivity contribution in [3.63, 3.8) is 0 Å². The van der Waals surface area contributed by atoms with Gasteiger partial charge in [0.1, 0.15) is 0 Å². The molecule has 0 fully saturated rings. The lowest BCUT2D eigenvalue weighted by Gasteiger charge is -2.33. The number of hydrogen-bond donors (Lipinski definition) is 0. The second-order valence-corrected chi connectivity index (χ2v) is 43.0. The monoisotopic (exact) mass is 1840 g/mol. The van der Waals surface area contributed by atoms with E-state index in [2.05, 4.69) is 565 Å². The smallest absolute Gasteiger partial charge is 0.0540 e. The van der Waals surface area contributed by atoms with Crippen molar-refractivity contribution in [3.8, 4) is 111 Å². The minimum atomic E-state index is -0.140. The van der Waals surface area contributed by atoms with E-state index in [0.717, 1.165) is 28.4 Å². The van der Waals surface area contributed by atoms with Gasteiger partial charge in [-0.2, -0.15) is 0 Å². The Morgan fingerprint density at radius 3 is 0.748 bits per heavy atom. The fraction of sp³-hybridized carbons (Fsp3) is 0.129. The van der Waals surface area contributed by atoms with E-state index >= 15 is 0 Å². The van der Waals surface area contributed by atoms with E-state index in [9.17, 15) is 0 Å². The van der Waals surface area contributed by atoms with Gasteiger partial charge in [-0.15, -0.1) is 0 Å². The topological polar surface area (TPSA) is 9.72 Å². The summed E-state index contributed by atoms with van der Waals surface area (Å²) in [6.07, 6.45) is 0. The summed E-state index contributed by atoms with van der Waals surface area (Å²) in [5, 5.41) is 4.97. The molecule has 21 aromatic carbocycles. The number of fused-ring (bicyclic) bond motifs is 20. The number of rotatable bonds is 13. The Morgan fingerprint density at radius 1 is 0.133 bits per heavy atom. The first-order chi connectivity index (χ1) is 69.5. The van der Waals surface area contributed by atoms with Crippen molar-refractivity contribution in [1.82, 2.24) is 0 Å². The summed E-state index contributed by atoms with van der Waals surface area (Å²) in [6, 6.07) is 173. The van der Waals surface area contributed by atoms with Gasteiger partial charge in [0.2, 0.25) is 0 Å². The second kappa shape index (κ2) is 33.7. The molecule has 6 aliphatic rings. The van der Waals surface area contributed by atoms with Gasteiger partial charge in [0, 0.05) is 66.3 Å². The molecule has 0 spiro atoms. The van der Waals surface area contributed by atoms with Crippen molar-refractivity contribution in [2.45, 2.75) is 116 Å². The minimum Gasteiger partial charge on any atom is -0.310 e. The standard InChI is InChI=1S/C48H39N.2C46H37N/c1-47(2)42-18-10-9-16-39(42)41-31-35(25-30-44(41)47)34-23-28-37(29-24-34)49(36-26-21-33(22-27-36)32-13-6-5-7-14-32)45-20-12-17-40-38-15-8-11-19-43(38)48(3,4)46(40)45;1-45(2)39-19-9-8-17-36(39)38-29-32(25-28-41(38)45)30-23-26-33(27-24-30)47(42-21-11-14-31-13-5-6-15-34(31)42)43-22-12-18-37-35-16-7-10-20-40(35)46(3,4)44(37)43;1-45(2)40-17-9-8-15-37(40)39-29-33(23-27-42(39)45)31-20-24-34(25-21-31)47(35-26-22-30-12-5-6-13-32(30)28-35)43-19-11-16-38-36-14-7-10-18-41(36)46(3,4)44(38)43/h5-31H,1-4H3;2*5-29H,1-4H3. The van der Waals surface area contributed by atoms with Crippen molar-refractivity contribution < 1.29 is 0 Å². The van der Waals surface area contributed by atoms with E-state index in [1.807, 2.05) is 0 Å². The molecular formula is C140H113N3. The summed E-state index contributed by atoms with van der Waals surface area (Å²) in [4.78, 5) is 7.40. The van der Waals surface area contributed by atoms with Crippen molar-refractivity contribution in [2.24, 2.45) is 0 Å². The Balaban J connectivity index is 0.000000113. The van der Waals surface area contributed by atoms with E-state index in [4.69, 9.17) is 0 Å². The molecule has 0 heterocycles. The van der Waals surface area contributed by atoms with Gasteiger partial charge in [-0.25, -0.2) is 0 Å². The third-order valence-corrected chi connectivity index (χ3v) is 32.8. The minimum absolute atomic E-state index is 0.00819. The predicted molar refractivity (Wildman–Crippen MR) is 606 cm³/mol. The Kier molecular flexibility index (Phi) is 20.7. The molecule has 27 rings (SSSR count). The SMILES string of the molecule is CC1(C)c2ccccc2-c2cc(-c3ccc(N(c4ccc(-c5ccccc5)cc4)c4cccc5c4C(C)(C)c4ccccc4-5)cc3)ccc21.CC1(C)c2ccccc2-c2cc(-c3ccc(N(c4ccc5ccccc5c4)c4cccc5c4C(C)(C)c4ccccc4-5)cc3)ccc21.CC1(C)c2ccccc2-c2cc(-c3ccc(N(c4cccc5c4C(C)(C)c4ccccc4-5)c4cccc5ccccc45)cc3)ccc21. The van der Waals surface area contributed by atoms with E-state index in [-0.39, 0.29) is 32.5 Å². The lowest BCUT2D eigenvalue weighted by molar-refractivity contribution is 0.660. The molecule has 3 nitrogen and oxygen atoms in total. The summed E-state index contributed by atoms with van der Waals surface area (Å²) in [7, 11) is 0. The van der Waals surface area contributed by atoms with Crippen molar-refractivity contribution in [2.75, 3.05) is 14.7 Å². The molecule has 6 aliphatic carbocycles. The zero-order valence-electron chi connectivity index (χ0n) is 83.3. The van der Waals surface area contributed by atoms with Crippen LogP contribution < -0.4 is 14.7 Å². The second-order valence-electron chi connectivity index (χ2n) is 43.0. The molecule has 688 valence electrons. The van der Waals surface area contributed by atoms with Crippen molar-refractivity contribution in [3.05, 3.63) is 534 Å². The Labute approximate surface area is 842 Å². The van der Waals surface area contributed by atoms with Crippen LogP contribution in [0.15, 0.2) is 467 Å². The van der Waals surface area contributed by atoms with Crippen LogP contribution in [-0.2, 0) is 32.5 Å². The quantitative estimate of drug-likeness (QED) is 0.114. The molecule has 0 saturated heterocycles. The Morgan fingerprint density at radius 2 is 0.371 bits per heavy atom. The van der Waals surface area contributed by atoms with E-state index in [1.54, 1.807) is 0 Å². The molecule has 143 heavy (non-hydrogen) atoms. The maximum absolute atomic E-state index is 2.49. The zero-order chi connectivity index (χ0) is 97.2. The largest absolute Gasteiger partial charge is 0.310 e. The molecule has 0 unspecified atom stereocenters. The maximum atomic E-state index is 2.49. The molecule has 0 atom stereocenters. The summed E-state index contributed by atoms with van der Waals surface area (Å²) >= 11 is 0. The van der Waals surface area contributed by atoms with Gasteiger partial charge in [-0.05, 0) is 297 Å². The summed E-state index contributed by atoms with van der Waals surface area (Å²) < 4.78 is 0. The Hall–Kier alpha value is -16.5. The lowest BCUT2D eigenvalue weighted by Crippen LogP contribution is -2.20. The maximum Gasteiger partial charge on any atom is 0.0540 e. The molecule has 0 bridgehead atoms. The van der Waals surface area contributed by atoms with Crippen LogP contribution in [0.2, 0.25) is 0 Å². The summed E-state index contributed by atoms with van der Waals surface area (Å²) in [6.45, 7) is 28.3. The van der Waals surface area contributed by atoms with E-state index < -0.39 is 0 Å². The van der Waals surface area contributed by atoms with Gasteiger partial charge in [-0.3, -0.25) is 0 Å². The number of hydrogen-bond acceptors (Lipinski definition) is 3. The fourth-order valence-corrected chi connectivity index (χ4v) is 25.5. The molecular weight excluding hydrogens is 1720 g/mol. The first-order valence-corrected chi connectivity index (χ1v) is 50.8. The highest BCUT2D eigenvalue weighted by molar-refractivity contribution is 6.03. The highest BCUT2D eigenvalue weighted by Gasteiger charge is 2.45. The van der Waals surface area contributed by atoms with Crippen LogP contribution in [0.4, 0.5) is 51.2 Å². The lowest BCUT2D eigenvalue weighted by atomic mass is 9.81. The molecule has 0 aromatic heterocycles. The van der Waals surface area contributed by atoms with Crippen LogP contribution in [0, 0.1) is 0 Å². The van der Waals surface area contributed by atoms with Crippen molar-refractivity contribution in [1.29, 1.82) is 0 Å². The van der Waals surface area contributed by atoms with Gasteiger partial charge in [-0.1, -0.05) is 447 Å². The molecule has 0 radical (unpaired) electrons. The fourth-order valence-electron chi connectivity index (χ4n) is 25.5. The first-order valence-electron chi connectivity index (χ1n) is 50.8. The zero-order valence-corrected chi connectivity index (χ0v) is 83.3. The third-order valence-electron chi connectivity index (χ3n) is 32.8. The number of benzene rings is 21. The summed E-state index contributed by atoms with van der Waals surface area (Å²) in [5.41, 5.74) is 52.9. The van der Waals surface area contributed by atoms with Crippen LogP contribution in [0.5, 0.6) is 0 Å². The predicted octanol–water partition coefficient (Wildman–Crippen LogP) is 38.3. The molecule has 0 N–H and O–H groups in total. The van der Waals surface area contributed by atoms with Crippen LogP contribution in [0.25, 0.3) is 133 Å². The van der Waals surface area contributed by atoms with E-state index in [0.29, 0.717) is 0 Å². The average molecular weight is 1840 g/mol. The highest BCUT2D eigenvalue weighted by atomic mass is 15.2. The highest BCUT2D eigenvalue weighted by Crippen LogP contribution is 2.61. The number of nitrogens with zero attached hydrogens (tertiary/aromatic N) is 3. The van der Waals surface area contributed by atoms with E-state index in [1.165, 1.54) is 222 Å². The van der Waals surface area contributed by atoms with Gasteiger partial charge < -0.3 is 14.7 Å². The first kappa shape index (κ1) is 88.0. The van der Waals surface area contributed by atoms with Crippen molar-refractivity contribution >= 4 is 72.7 Å². The molecule has 0 saturated carbocycles. The van der Waals surface area contributed by atoms with Gasteiger partial charge in [0.25, 0.3) is 0 Å².